The normalized spacial score (nSPS) is 10.6. The number of halogens is 1. The molecule has 190 valence electrons. The maximum absolute atomic E-state index is 14.7. The van der Waals surface area contributed by atoms with Gasteiger partial charge in [-0.25, -0.2) is 18.9 Å². The van der Waals surface area contributed by atoms with Crippen molar-refractivity contribution in [3.05, 3.63) is 78.2 Å². The van der Waals surface area contributed by atoms with Crippen LogP contribution in [-0.2, 0) is 9.53 Å². The molecule has 4 rings (SSSR count). The zero-order valence-corrected chi connectivity index (χ0v) is 19.9. The number of amides is 3. The number of methoxy groups -OCH3 is 1. The first-order valence-electron chi connectivity index (χ1n) is 11.0. The average molecular weight is 506 g/mol. The van der Waals surface area contributed by atoms with Gasteiger partial charge in [-0.05, 0) is 37.3 Å². The molecule has 0 aliphatic rings. The van der Waals surface area contributed by atoms with Gasteiger partial charge in [0.05, 0.1) is 11.4 Å². The van der Waals surface area contributed by atoms with Gasteiger partial charge in [-0.3, -0.25) is 10.1 Å². The van der Waals surface area contributed by atoms with E-state index in [2.05, 4.69) is 26.0 Å². The Morgan fingerprint density at radius 2 is 1.76 bits per heavy atom. The molecule has 4 aromatic rings. The number of nitrogens with zero attached hydrogens (tertiary/aromatic N) is 3. The minimum absolute atomic E-state index is 0.0993. The third kappa shape index (κ3) is 6.58. The van der Waals surface area contributed by atoms with Crippen molar-refractivity contribution in [2.45, 2.75) is 6.92 Å². The third-order valence-electron chi connectivity index (χ3n) is 4.92. The lowest BCUT2D eigenvalue weighted by atomic mass is 10.2. The first kappa shape index (κ1) is 25.1. The molecule has 0 unspecified atom stereocenters. The molecule has 0 spiro atoms. The maximum Gasteiger partial charge on any atom is 0.324 e. The molecule has 37 heavy (non-hydrogen) atoms. The monoisotopic (exact) mass is 506 g/mol. The lowest BCUT2D eigenvalue weighted by Gasteiger charge is -2.12. The molecule has 4 N–H and O–H groups in total. The lowest BCUT2D eigenvalue weighted by molar-refractivity contribution is -0.119. The van der Waals surface area contributed by atoms with Crippen molar-refractivity contribution in [1.29, 1.82) is 0 Å². The number of rotatable bonds is 8. The van der Waals surface area contributed by atoms with Crippen LogP contribution in [0.25, 0.3) is 5.69 Å². The molecule has 0 radical (unpaired) electrons. The Bertz CT molecular complexity index is 1420. The van der Waals surface area contributed by atoms with Gasteiger partial charge in [-0.15, -0.1) is 5.10 Å². The summed E-state index contributed by atoms with van der Waals surface area (Å²) in [6, 6.07) is 14.7. The summed E-state index contributed by atoms with van der Waals surface area (Å²) in [5.74, 6) is -0.525. The van der Waals surface area contributed by atoms with Crippen LogP contribution in [0.3, 0.4) is 0 Å². The number of carbonyl (C=O) groups excluding carboxylic acids is 2. The van der Waals surface area contributed by atoms with E-state index < -0.39 is 11.8 Å². The first-order valence-corrected chi connectivity index (χ1v) is 11.0. The van der Waals surface area contributed by atoms with Gasteiger partial charge in [-0.2, -0.15) is 0 Å². The third-order valence-corrected chi connectivity index (χ3v) is 4.92. The summed E-state index contributed by atoms with van der Waals surface area (Å²) in [6.45, 7) is 1.80. The van der Waals surface area contributed by atoms with E-state index in [0.717, 1.165) is 11.6 Å². The van der Waals surface area contributed by atoms with Gasteiger partial charge in [0.2, 0.25) is 5.88 Å². The maximum atomic E-state index is 14.7. The Labute approximate surface area is 210 Å². The summed E-state index contributed by atoms with van der Waals surface area (Å²) >= 11 is 0. The molecule has 12 heteroatoms. The van der Waals surface area contributed by atoms with E-state index in [1.807, 2.05) is 19.1 Å². The Morgan fingerprint density at radius 1 is 1.00 bits per heavy atom. The predicted octanol–water partition coefficient (Wildman–Crippen LogP) is 4.44. The minimum Gasteiger partial charge on any atom is -0.492 e. The van der Waals surface area contributed by atoms with Crippen LogP contribution in [0.15, 0.2) is 66.9 Å². The number of aryl methyl sites for hydroxylation is 1. The largest absolute Gasteiger partial charge is 0.492 e. The summed E-state index contributed by atoms with van der Waals surface area (Å²) < 4.78 is 26.5. The van der Waals surface area contributed by atoms with Crippen molar-refractivity contribution < 1.29 is 28.6 Å². The van der Waals surface area contributed by atoms with E-state index in [1.165, 1.54) is 48.3 Å². The number of anilines is 3. The van der Waals surface area contributed by atoms with Gasteiger partial charge in [0.1, 0.15) is 35.6 Å². The van der Waals surface area contributed by atoms with Gasteiger partial charge in [0.15, 0.2) is 0 Å². The Hall–Kier alpha value is -4.97. The molecule has 2 aromatic carbocycles. The second kappa shape index (κ2) is 11.2. The molecule has 2 aromatic heterocycles. The molecule has 0 aliphatic carbocycles. The molecular weight excluding hydrogens is 483 g/mol. The zero-order chi connectivity index (χ0) is 26.4. The highest BCUT2D eigenvalue weighted by molar-refractivity contribution is 5.99. The number of urea groups is 1. The number of carbonyl (C=O) groups is 2. The van der Waals surface area contributed by atoms with Crippen LogP contribution in [0.4, 0.5) is 26.5 Å². The van der Waals surface area contributed by atoms with Crippen molar-refractivity contribution in [3.63, 3.8) is 0 Å². The fraction of sp³-hybridized carbons (Fsp3) is 0.120. The number of pyridine rings is 1. The van der Waals surface area contributed by atoms with Crippen LogP contribution in [0.2, 0.25) is 0 Å². The fourth-order valence-corrected chi connectivity index (χ4v) is 3.26. The van der Waals surface area contributed by atoms with Crippen molar-refractivity contribution in [1.82, 2.24) is 14.8 Å². The molecule has 0 aliphatic heterocycles. The van der Waals surface area contributed by atoms with E-state index in [0.29, 0.717) is 11.4 Å². The van der Waals surface area contributed by atoms with Crippen LogP contribution >= 0.6 is 0 Å². The number of aromatic nitrogens is 3. The van der Waals surface area contributed by atoms with Crippen LogP contribution in [0.1, 0.15) is 5.56 Å². The van der Waals surface area contributed by atoms with Gasteiger partial charge in [0.25, 0.3) is 5.91 Å². The quantitative estimate of drug-likeness (QED) is 0.277. The summed E-state index contributed by atoms with van der Waals surface area (Å²) in [4.78, 5) is 28.2. The molecule has 0 fully saturated rings. The standard InChI is InChI=1S/C25H23FN6O5/c1-15-3-5-16(6-4-15)32-22(13-23(33)31-32)30-25(35)28-20-8-7-17(11-19(20)26)37-18-9-10-27-21(12-18)29-24(34)14-36-2/h3-13H,14H2,1-2H3,(H,31,33)(H,27,29,34)(H2,28,30,35). The number of aromatic hydroxyl groups is 1. The molecule has 0 atom stereocenters. The van der Waals surface area contributed by atoms with Crippen LogP contribution in [0, 0.1) is 12.7 Å². The van der Waals surface area contributed by atoms with Gasteiger partial charge in [-0.1, -0.05) is 17.7 Å². The summed E-state index contributed by atoms with van der Waals surface area (Å²) in [5.41, 5.74) is 1.55. The molecular formula is C25H23FN6O5. The van der Waals surface area contributed by atoms with Gasteiger partial charge < -0.3 is 25.2 Å². The molecule has 0 saturated carbocycles. The number of benzene rings is 2. The van der Waals surface area contributed by atoms with Gasteiger partial charge in [0, 0.05) is 31.5 Å². The average Bonchev–Trinajstić information content (AvgIpc) is 3.21. The van der Waals surface area contributed by atoms with Crippen LogP contribution < -0.4 is 20.7 Å². The smallest absolute Gasteiger partial charge is 0.324 e. The van der Waals surface area contributed by atoms with Crippen molar-refractivity contribution in [2.75, 3.05) is 29.7 Å². The SMILES string of the molecule is COCC(=O)Nc1cc(Oc2ccc(NC(=O)Nc3cc(O)nn3-c3ccc(C)cc3)c(F)c2)ccn1. The Kier molecular flexibility index (Phi) is 7.59. The van der Waals surface area contributed by atoms with Crippen LogP contribution in [0.5, 0.6) is 17.4 Å². The number of ether oxygens (including phenoxy) is 2. The Balaban J connectivity index is 1.41. The number of hydrogen-bond acceptors (Lipinski definition) is 7. The fourth-order valence-electron chi connectivity index (χ4n) is 3.26. The highest BCUT2D eigenvalue weighted by Crippen LogP contribution is 2.27. The molecule has 2 heterocycles. The molecule has 0 saturated heterocycles. The van der Waals surface area contributed by atoms with Crippen molar-refractivity contribution in [2.24, 2.45) is 0 Å². The Morgan fingerprint density at radius 3 is 2.49 bits per heavy atom. The summed E-state index contributed by atoms with van der Waals surface area (Å²) in [6.07, 6.45) is 1.42. The first-order chi connectivity index (χ1) is 17.8. The summed E-state index contributed by atoms with van der Waals surface area (Å²) in [5, 5.41) is 21.3. The van der Waals surface area contributed by atoms with E-state index in [4.69, 9.17) is 9.47 Å². The number of nitrogens with one attached hydrogen (secondary N) is 3. The highest BCUT2D eigenvalue weighted by Gasteiger charge is 2.14. The van der Waals surface area contributed by atoms with Crippen molar-refractivity contribution >= 4 is 29.3 Å². The number of hydrogen-bond donors (Lipinski definition) is 4. The zero-order valence-electron chi connectivity index (χ0n) is 19.9. The van der Waals surface area contributed by atoms with Gasteiger partial charge >= 0.3 is 6.03 Å². The van der Waals surface area contributed by atoms with E-state index in [-0.39, 0.29) is 41.5 Å². The summed E-state index contributed by atoms with van der Waals surface area (Å²) in [7, 11) is 1.40. The predicted molar refractivity (Wildman–Crippen MR) is 134 cm³/mol. The molecule has 0 bridgehead atoms. The van der Waals surface area contributed by atoms with E-state index in [1.54, 1.807) is 12.1 Å². The topological polar surface area (TPSA) is 140 Å². The second-order valence-corrected chi connectivity index (χ2v) is 7.82. The lowest BCUT2D eigenvalue weighted by Crippen LogP contribution is -2.22. The molecule has 11 nitrogen and oxygen atoms in total. The van der Waals surface area contributed by atoms with E-state index in [9.17, 15) is 19.1 Å². The van der Waals surface area contributed by atoms with Crippen molar-refractivity contribution in [3.8, 4) is 23.1 Å². The second-order valence-electron chi connectivity index (χ2n) is 7.82. The minimum atomic E-state index is -0.745. The highest BCUT2D eigenvalue weighted by atomic mass is 19.1. The van der Waals surface area contributed by atoms with Crippen LogP contribution in [-0.4, -0.2) is 45.5 Å². The molecule has 3 amide bonds. The van der Waals surface area contributed by atoms with E-state index >= 15 is 0 Å².